The summed E-state index contributed by atoms with van der Waals surface area (Å²) >= 11 is 0. The summed E-state index contributed by atoms with van der Waals surface area (Å²) in [5.74, 6) is 0.762. The topological polar surface area (TPSA) is 25.8 Å². The van der Waals surface area contributed by atoms with Gasteiger partial charge in [-0.1, -0.05) is 105 Å². The van der Waals surface area contributed by atoms with Gasteiger partial charge in [0.2, 0.25) is 0 Å². The van der Waals surface area contributed by atoms with Gasteiger partial charge >= 0.3 is 0 Å². The second-order valence-electron chi connectivity index (χ2n) is 8.68. The standard InChI is InChI=1S/C29H22N2/c1-29(2)23-16-8-6-13-20(23)26-22(15-10-17-24(26)29)27-21-14-7-9-18-25(21)30-28(31-27)19-11-4-3-5-12-19/h3-18H,1-2H3. The number of para-hydroxylation sites is 1. The molecule has 1 aromatic heterocycles. The summed E-state index contributed by atoms with van der Waals surface area (Å²) < 4.78 is 0. The molecule has 0 saturated heterocycles. The largest absolute Gasteiger partial charge is 0.228 e. The highest BCUT2D eigenvalue weighted by atomic mass is 14.9. The van der Waals surface area contributed by atoms with Gasteiger partial charge in [0.1, 0.15) is 0 Å². The zero-order valence-electron chi connectivity index (χ0n) is 17.6. The first-order valence-corrected chi connectivity index (χ1v) is 10.7. The Kier molecular flexibility index (Phi) is 3.85. The van der Waals surface area contributed by atoms with Crippen LogP contribution in [0.2, 0.25) is 0 Å². The molecule has 0 unspecified atom stereocenters. The molecule has 2 heteroatoms. The van der Waals surface area contributed by atoms with Gasteiger partial charge in [0.25, 0.3) is 0 Å². The Balaban J connectivity index is 1.70. The molecular formula is C29H22N2. The van der Waals surface area contributed by atoms with Gasteiger partial charge in [-0.3, -0.25) is 0 Å². The summed E-state index contributed by atoms with van der Waals surface area (Å²) in [4.78, 5) is 10.0. The third kappa shape index (κ3) is 2.65. The highest BCUT2D eigenvalue weighted by Crippen LogP contribution is 2.52. The Morgan fingerprint density at radius 3 is 2.13 bits per heavy atom. The Bertz CT molecular complexity index is 1450. The van der Waals surface area contributed by atoms with Crippen molar-refractivity contribution in [1.29, 1.82) is 0 Å². The van der Waals surface area contributed by atoms with Gasteiger partial charge in [-0.25, -0.2) is 9.97 Å². The molecule has 0 bridgehead atoms. The molecule has 1 aliphatic rings. The normalized spacial score (nSPS) is 13.7. The fourth-order valence-electron chi connectivity index (χ4n) is 4.95. The minimum atomic E-state index is -0.0347. The number of fused-ring (bicyclic) bond motifs is 4. The molecule has 0 radical (unpaired) electrons. The second kappa shape index (κ2) is 6.61. The maximum Gasteiger partial charge on any atom is 0.160 e. The van der Waals surface area contributed by atoms with Gasteiger partial charge in [0.05, 0.1) is 11.2 Å². The maximum absolute atomic E-state index is 5.13. The molecule has 0 amide bonds. The van der Waals surface area contributed by atoms with Gasteiger partial charge in [-0.2, -0.15) is 0 Å². The predicted octanol–water partition coefficient (Wildman–Crippen LogP) is 7.27. The van der Waals surface area contributed by atoms with E-state index in [1.54, 1.807) is 0 Å². The Morgan fingerprint density at radius 2 is 1.26 bits per heavy atom. The van der Waals surface area contributed by atoms with E-state index >= 15 is 0 Å². The Morgan fingerprint density at radius 1 is 0.581 bits per heavy atom. The number of nitrogens with zero attached hydrogens (tertiary/aromatic N) is 2. The summed E-state index contributed by atoms with van der Waals surface area (Å²) in [6.07, 6.45) is 0. The Labute approximate surface area is 182 Å². The third-order valence-corrected chi connectivity index (χ3v) is 6.50. The average Bonchev–Trinajstić information content (AvgIpc) is 3.06. The van der Waals surface area contributed by atoms with Gasteiger partial charge < -0.3 is 0 Å². The van der Waals surface area contributed by atoms with Crippen molar-refractivity contribution in [1.82, 2.24) is 9.97 Å². The molecule has 0 fully saturated rings. The first-order valence-electron chi connectivity index (χ1n) is 10.7. The zero-order chi connectivity index (χ0) is 21.0. The fourth-order valence-corrected chi connectivity index (χ4v) is 4.95. The summed E-state index contributed by atoms with van der Waals surface area (Å²) in [5.41, 5.74) is 9.47. The first-order chi connectivity index (χ1) is 15.1. The average molecular weight is 399 g/mol. The van der Waals surface area contributed by atoms with Crippen molar-refractivity contribution in [3.63, 3.8) is 0 Å². The van der Waals surface area contributed by atoms with Crippen molar-refractivity contribution in [2.45, 2.75) is 19.3 Å². The van der Waals surface area contributed by atoms with Gasteiger partial charge in [0.15, 0.2) is 5.82 Å². The second-order valence-corrected chi connectivity index (χ2v) is 8.68. The number of hydrogen-bond acceptors (Lipinski definition) is 2. The summed E-state index contributed by atoms with van der Waals surface area (Å²) in [5, 5.41) is 1.08. The maximum atomic E-state index is 5.13. The third-order valence-electron chi connectivity index (χ3n) is 6.50. The van der Waals surface area contributed by atoms with Crippen LogP contribution in [-0.2, 0) is 5.41 Å². The van der Waals surface area contributed by atoms with Crippen molar-refractivity contribution in [2.75, 3.05) is 0 Å². The molecule has 5 aromatic rings. The minimum Gasteiger partial charge on any atom is -0.228 e. The van der Waals surface area contributed by atoms with Crippen LogP contribution in [0.5, 0.6) is 0 Å². The highest BCUT2D eigenvalue weighted by molar-refractivity contribution is 6.00. The van der Waals surface area contributed by atoms with Crippen molar-refractivity contribution in [3.8, 4) is 33.8 Å². The van der Waals surface area contributed by atoms with Crippen molar-refractivity contribution in [3.05, 3.63) is 108 Å². The molecule has 0 spiro atoms. The molecule has 2 nitrogen and oxygen atoms in total. The van der Waals surface area contributed by atoms with E-state index in [1.165, 1.54) is 27.8 Å². The lowest BCUT2D eigenvalue weighted by atomic mass is 9.82. The minimum absolute atomic E-state index is 0.0347. The fraction of sp³-hybridized carbons (Fsp3) is 0.103. The van der Waals surface area contributed by atoms with Crippen LogP contribution in [0.25, 0.3) is 44.7 Å². The van der Waals surface area contributed by atoms with Crippen LogP contribution >= 0.6 is 0 Å². The van der Waals surface area contributed by atoms with Gasteiger partial charge in [-0.05, 0) is 28.3 Å². The summed E-state index contributed by atoms with van der Waals surface area (Å²) in [6.45, 7) is 4.63. The van der Waals surface area contributed by atoms with E-state index in [4.69, 9.17) is 9.97 Å². The molecule has 31 heavy (non-hydrogen) atoms. The van der Waals surface area contributed by atoms with Crippen LogP contribution in [0.3, 0.4) is 0 Å². The summed E-state index contributed by atoms with van der Waals surface area (Å²) in [6, 6.07) is 34.0. The van der Waals surface area contributed by atoms with E-state index in [0.29, 0.717) is 0 Å². The molecule has 0 aliphatic heterocycles. The van der Waals surface area contributed by atoms with E-state index < -0.39 is 0 Å². The van der Waals surface area contributed by atoms with E-state index in [2.05, 4.69) is 86.6 Å². The molecule has 1 heterocycles. The van der Waals surface area contributed by atoms with Crippen molar-refractivity contribution < 1.29 is 0 Å². The van der Waals surface area contributed by atoms with Crippen LogP contribution < -0.4 is 0 Å². The molecule has 1 aliphatic carbocycles. The monoisotopic (exact) mass is 398 g/mol. The Hall–Kier alpha value is -3.78. The number of hydrogen-bond donors (Lipinski definition) is 0. The first kappa shape index (κ1) is 18.0. The lowest BCUT2D eigenvalue weighted by molar-refractivity contribution is 0.660. The van der Waals surface area contributed by atoms with Gasteiger partial charge in [-0.15, -0.1) is 0 Å². The van der Waals surface area contributed by atoms with Crippen LogP contribution in [-0.4, -0.2) is 9.97 Å². The van der Waals surface area contributed by atoms with Crippen molar-refractivity contribution >= 4 is 10.9 Å². The number of benzene rings is 4. The predicted molar refractivity (Wildman–Crippen MR) is 128 cm³/mol. The molecule has 0 saturated carbocycles. The van der Waals surface area contributed by atoms with Crippen LogP contribution in [0.1, 0.15) is 25.0 Å². The molecule has 0 atom stereocenters. The molecule has 6 rings (SSSR count). The lowest BCUT2D eigenvalue weighted by Crippen LogP contribution is -2.14. The molecule has 4 aromatic carbocycles. The van der Waals surface area contributed by atoms with E-state index in [0.717, 1.165) is 28.0 Å². The SMILES string of the molecule is CC1(C)c2ccccc2-c2c(-c3nc(-c4ccccc4)nc4ccccc34)cccc21. The zero-order valence-corrected chi connectivity index (χ0v) is 17.6. The quantitative estimate of drug-likeness (QED) is 0.312. The van der Waals surface area contributed by atoms with E-state index in [9.17, 15) is 0 Å². The van der Waals surface area contributed by atoms with Gasteiger partial charge in [0, 0.05) is 21.9 Å². The van der Waals surface area contributed by atoms with Crippen LogP contribution in [0, 0.1) is 0 Å². The molecular weight excluding hydrogens is 376 g/mol. The smallest absolute Gasteiger partial charge is 0.160 e. The lowest BCUT2D eigenvalue weighted by Gasteiger charge is -2.21. The number of rotatable bonds is 2. The number of aromatic nitrogens is 2. The molecule has 0 N–H and O–H groups in total. The highest BCUT2D eigenvalue weighted by Gasteiger charge is 2.36. The van der Waals surface area contributed by atoms with E-state index in [1.807, 2.05) is 24.3 Å². The van der Waals surface area contributed by atoms with Crippen LogP contribution in [0.15, 0.2) is 97.1 Å². The summed E-state index contributed by atoms with van der Waals surface area (Å²) in [7, 11) is 0. The van der Waals surface area contributed by atoms with E-state index in [-0.39, 0.29) is 5.41 Å². The van der Waals surface area contributed by atoms with Crippen LogP contribution in [0.4, 0.5) is 0 Å². The molecule has 148 valence electrons. The van der Waals surface area contributed by atoms with Crippen molar-refractivity contribution in [2.24, 2.45) is 0 Å².